The predicted octanol–water partition coefficient (Wildman–Crippen LogP) is 1.25. The molecule has 0 saturated carbocycles. The molecule has 0 spiro atoms. The maximum absolute atomic E-state index is 11.8. The second-order valence-corrected chi connectivity index (χ2v) is 4.97. The summed E-state index contributed by atoms with van der Waals surface area (Å²) in [4.78, 5) is 17.2. The van der Waals surface area contributed by atoms with E-state index in [1.54, 1.807) is 17.5 Å². The highest BCUT2D eigenvalue weighted by Crippen LogP contribution is 2.19. The number of H-pyrrole nitrogens is 1. The van der Waals surface area contributed by atoms with Crippen LogP contribution in [0.15, 0.2) is 12.4 Å². The van der Waals surface area contributed by atoms with Gasteiger partial charge in [0.2, 0.25) is 0 Å². The van der Waals surface area contributed by atoms with Crippen molar-refractivity contribution in [3.8, 4) is 0 Å². The van der Waals surface area contributed by atoms with Crippen molar-refractivity contribution in [2.45, 2.75) is 19.9 Å². The van der Waals surface area contributed by atoms with Crippen molar-refractivity contribution in [2.24, 2.45) is 0 Å². The quantitative estimate of drug-likeness (QED) is 0.764. The maximum Gasteiger partial charge on any atom is 0.271 e. The molecule has 0 radical (unpaired) electrons. The lowest BCUT2D eigenvalue weighted by atomic mass is 10.3. The van der Waals surface area contributed by atoms with Crippen LogP contribution in [-0.4, -0.2) is 21.1 Å². The number of nitrogens with two attached hydrogens (primary N) is 1. The van der Waals surface area contributed by atoms with E-state index in [0.717, 1.165) is 9.88 Å². The zero-order valence-electron chi connectivity index (χ0n) is 9.52. The number of carbonyl (C=O) groups excluding carboxylic acids is 1. The highest BCUT2D eigenvalue weighted by Gasteiger charge is 2.16. The number of carbonyl (C=O) groups is 1. The van der Waals surface area contributed by atoms with Gasteiger partial charge >= 0.3 is 0 Å². The molecule has 1 unspecified atom stereocenters. The number of rotatable bonds is 3. The van der Waals surface area contributed by atoms with Crippen molar-refractivity contribution < 1.29 is 4.79 Å². The monoisotopic (exact) mass is 251 g/mol. The van der Waals surface area contributed by atoms with Gasteiger partial charge in [-0.1, -0.05) is 0 Å². The van der Waals surface area contributed by atoms with E-state index in [2.05, 4.69) is 20.5 Å². The highest BCUT2D eigenvalue weighted by atomic mass is 32.1. The topological polar surface area (TPSA) is 96.7 Å². The zero-order valence-corrected chi connectivity index (χ0v) is 10.3. The molecule has 2 aromatic rings. The average Bonchev–Trinajstić information content (AvgIpc) is 2.86. The van der Waals surface area contributed by atoms with Gasteiger partial charge in [-0.15, -0.1) is 11.3 Å². The smallest absolute Gasteiger partial charge is 0.271 e. The maximum atomic E-state index is 11.8. The van der Waals surface area contributed by atoms with Gasteiger partial charge in [-0.25, -0.2) is 4.98 Å². The zero-order chi connectivity index (χ0) is 12.4. The second-order valence-electron chi connectivity index (χ2n) is 3.70. The van der Waals surface area contributed by atoms with Crippen LogP contribution in [0.1, 0.15) is 33.3 Å². The van der Waals surface area contributed by atoms with Gasteiger partial charge in [0.25, 0.3) is 5.91 Å². The first-order valence-electron chi connectivity index (χ1n) is 5.10. The molecule has 0 aromatic carbocycles. The summed E-state index contributed by atoms with van der Waals surface area (Å²) < 4.78 is 0. The Bertz CT molecular complexity index is 532. The summed E-state index contributed by atoms with van der Waals surface area (Å²) in [5.74, 6) is -0.277. The van der Waals surface area contributed by atoms with E-state index in [4.69, 9.17) is 5.73 Å². The third-order valence-corrected chi connectivity index (χ3v) is 3.35. The molecule has 90 valence electrons. The van der Waals surface area contributed by atoms with Gasteiger partial charge in [0.1, 0.15) is 10.7 Å². The van der Waals surface area contributed by atoms with Crippen molar-refractivity contribution in [3.05, 3.63) is 28.0 Å². The number of hydrogen-bond donors (Lipinski definition) is 3. The third-order valence-electron chi connectivity index (χ3n) is 2.25. The summed E-state index contributed by atoms with van der Waals surface area (Å²) in [7, 11) is 0. The molecule has 2 aromatic heterocycles. The molecule has 1 atom stereocenters. The lowest BCUT2D eigenvalue weighted by Gasteiger charge is -2.10. The Morgan fingerprint density at radius 2 is 2.35 bits per heavy atom. The standard InChI is InChI=1S/C10H13N5OS/c1-5-3-12-10(17-5)6(2)14-9(16)8-7(11)4-13-15-8/h3-4,6H,11H2,1-2H3,(H,13,15)(H,14,16). The molecule has 4 N–H and O–H groups in total. The molecule has 1 amide bonds. The Kier molecular flexibility index (Phi) is 3.10. The Balaban J connectivity index is 2.07. The molecule has 2 rings (SSSR count). The molecule has 0 aliphatic carbocycles. The number of aromatic nitrogens is 3. The summed E-state index contributed by atoms with van der Waals surface area (Å²) in [6.45, 7) is 3.85. The Hall–Kier alpha value is -1.89. The number of nitrogen functional groups attached to an aromatic ring is 1. The number of nitrogens with one attached hydrogen (secondary N) is 2. The Morgan fingerprint density at radius 3 is 2.88 bits per heavy atom. The van der Waals surface area contributed by atoms with Crippen LogP contribution < -0.4 is 11.1 Å². The first-order chi connectivity index (χ1) is 8.08. The molecular formula is C10H13N5OS. The van der Waals surface area contributed by atoms with Crippen LogP contribution in [-0.2, 0) is 0 Å². The van der Waals surface area contributed by atoms with Crippen LogP contribution in [0, 0.1) is 6.92 Å². The van der Waals surface area contributed by atoms with Crippen molar-refractivity contribution in [2.75, 3.05) is 5.73 Å². The summed E-state index contributed by atoms with van der Waals surface area (Å²) in [5.41, 5.74) is 6.21. The van der Waals surface area contributed by atoms with E-state index < -0.39 is 0 Å². The van der Waals surface area contributed by atoms with Crippen LogP contribution in [0.2, 0.25) is 0 Å². The van der Waals surface area contributed by atoms with Crippen LogP contribution >= 0.6 is 11.3 Å². The van der Waals surface area contributed by atoms with Gasteiger partial charge in [-0.2, -0.15) is 5.10 Å². The summed E-state index contributed by atoms with van der Waals surface area (Å²) in [6.07, 6.45) is 3.19. The molecule has 6 nitrogen and oxygen atoms in total. The predicted molar refractivity (Wildman–Crippen MR) is 65.7 cm³/mol. The van der Waals surface area contributed by atoms with Crippen LogP contribution in [0.3, 0.4) is 0 Å². The van der Waals surface area contributed by atoms with Crippen LogP contribution in [0.25, 0.3) is 0 Å². The minimum atomic E-state index is -0.277. The number of amides is 1. The van der Waals surface area contributed by atoms with Gasteiger partial charge < -0.3 is 11.1 Å². The van der Waals surface area contributed by atoms with Crippen molar-refractivity contribution in [1.29, 1.82) is 0 Å². The largest absolute Gasteiger partial charge is 0.396 e. The van der Waals surface area contributed by atoms with Gasteiger partial charge in [0.15, 0.2) is 0 Å². The SMILES string of the molecule is Cc1cnc(C(C)NC(=O)c2[nH]ncc2N)s1. The van der Waals surface area contributed by atoms with Crippen molar-refractivity contribution >= 4 is 22.9 Å². The number of nitrogens with zero attached hydrogens (tertiary/aromatic N) is 2. The molecule has 17 heavy (non-hydrogen) atoms. The minimum absolute atomic E-state index is 0.149. The first-order valence-corrected chi connectivity index (χ1v) is 5.91. The van der Waals surface area contributed by atoms with E-state index >= 15 is 0 Å². The van der Waals surface area contributed by atoms with Crippen LogP contribution in [0.4, 0.5) is 5.69 Å². The lowest BCUT2D eigenvalue weighted by Crippen LogP contribution is -2.27. The number of aryl methyl sites for hydroxylation is 1. The minimum Gasteiger partial charge on any atom is -0.396 e. The molecule has 0 aliphatic rings. The summed E-state index contributed by atoms with van der Waals surface area (Å²) in [5, 5.41) is 9.95. The second kappa shape index (κ2) is 4.54. The molecule has 7 heteroatoms. The van der Waals surface area contributed by atoms with Crippen molar-refractivity contribution in [3.63, 3.8) is 0 Å². The van der Waals surface area contributed by atoms with E-state index in [0.29, 0.717) is 5.69 Å². The molecule has 0 fully saturated rings. The highest BCUT2D eigenvalue weighted by molar-refractivity contribution is 7.11. The van der Waals surface area contributed by atoms with E-state index in [9.17, 15) is 4.79 Å². The van der Waals surface area contributed by atoms with E-state index in [1.807, 2.05) is 13.8 Å². The number of hydrogen-bond acceptors (Lipinski definition) is 5. The third kappa shape index (κ3) is 2.44. The van der Waals surface area contributed by atoms with E-state index in [1.165, 1.54) is 6.20 Å². The fourth-order valence-electron chi connectivity index (χ4n) is 1.38. The summed E-state index contributed by atoms with van der Waals surface area (Å²) in [6, 6.07) is -0.149. The number of thiazole rings is 1. The fourth-order valence-corrected chi connectivity index (χ4v) is 2.16. The van der Waals surface area contributed by atoms with Crippen LogP contribution in [0.5, 0.6) is 0 Å². The molecule has 2 heterocycles. The van der Waals surface area contributed by atoms with Gasteiger partial charge in [-0.3, -0.25) is 9.89 Å². The number of anilines is 1. The molecule has 0 saturated heterocycles. The van der Waals surface area contributed by atoms with Gasteiger partial charge in [0.05, 0.1) is 17.9 Å². The normalized spacial score (nSPS) is 12.4. The Labute approximate surface area is 102 Å². The first kappa shape index (κ1) is 11.6. The summed E-state index contributed by atoms with van der Waals surface area (Å²) >= 11 is 1.56. The van der Waals surface area contributed by atoms with E-state index in [-0.39, 0.29) is 17.6 Å². The fraction of sp³-hybridized carbons (Fsp3) is 0.300. The van der Waals surface area contributed by atoms with Gasteiger partial charge in [0, 0.05) is 11.1 Å². The molecular weight excluding hydrogens is 238 g/mol. The lowest BCUT2D eigenvalue weighted by molar-refractivity contribution is 0.0935. The average molecular weight is 251 g/mol. The number of aromatic amines is 1. The Morgan fingerprint density at radius 1 is 1.59 bits per heavy atom. The van der Waals surface area contributed by atoms with Crippen molar-refractivity contribution in [1.82, 2.24) is 20.5 Å². The van der Waals surface area contributed by atoms with Gasteiger partial charge in [-0.05, 0) is 13.8 Å². The molecule has 0 aliphatic heterocycles. The molecule has 0 bridgehead atoms.